The second-order valence-corrected chi connectivity index (χ2v) is 6.80. The maximum absolute atomic E-state index is 12.6. The Morgan fingerprint density at radius 2 is 1.43 bits per heavy atom. The van der Waals surface area contributed by atoms with Crippen LogP contribution in [0, 0.1) is 6.92 Å². The van der Waals surface area contributed by atoms with Gasteiger partial charge in [0, 0.05) is 5.69 Å². The molecule has 1 N–H and O–H groups in total. The van der Waals surface area contributed by atoms with E-state index in [4.69, 9.17) is 14.2 Å². The summed E-state index contributed by atoms with van der Waals surface area (Å²) < 4.78 is 17.2. The molecule has 0 aromatic heterocycles. The van der Waals surface area contributed by atoms with Gasteiger partial charge in [0.05, 0.1) is 0 Å². The van der Waals surface area contributed by atoms with Crippen molar-refractivity contribution in [2.75, 3.05) is 18.5 Å². The van der Waals surface area contributed by atoms with E-state index in [1.54, 1.807) is 0 Å². The number of aryl methyl sites for hydroxylation is 1. The van der Waals surface area contributed by atoms with Crippen LogP contribution in [0.15, 0.2) is 78.9 Å². The molecule has 0 saturated heterocycles. The van der Waals surface area contributed by atoms with E-state index < -0.39 is 6.10 Å². The lowest BCUT2D eigenvalue weighted by atomic mass is 10.2. The maximum atomic E-state index is 12.6. The van der Waals surface area contributed by atoms with Crippen LogP contribution in [-0.4, -0.2) is 25.2 Å². The van der Waals surface area contributed by atoms with E-state index in [9.17, 15) is 4.79 Å². The molecule has 3 aromatic rings. The Morgan fingerprint density at radius 1 is 0.833 bits per heavy atom. The fraction of sp³-hybridized carbons (Fsp3) is 0.240. The molecule has 0 radical (unpaired) electrons. The summed E-state index contributed by atoms with van der Waals surface area (Å²) in [6.45, 7) is 4.78. The highest BCUT2D eigenvalue weighted by Crippen LogP contribution is 2.20. The first-order chi connectivity index (χ1) is 14.7. The summed E-state index contributed by atoms with van der Waals surface area (Å²) in [5.41, 5.74) is 1.70. The van der Waals surface area contributed by atoms with Gasteiger partial charge in [-0.1, -0.05) is 43.3 Å². The molecule has 0 aliphatic heterocycles. The summed E-state index contributed by atoms with van der Waals surface area (Å²) >= 11 is 0. The van der Waals surface area contributed by atoms with Crippen molar-refractivity contribution < 1.29 is 19.0 Å². The van der Waals surface area contributed by atoms with E-state index in [1.807, 2.05) is 92.7 Å². The Morgan fingerprint density at radius 3 is 2.07 bits per heavy atom. The average Bonchev–Trinajstić information content (AvgIpc) is 2.78. The van der Waals surface area contributed by atoms with E-state index in [0.717, 1.165) is 17.1 Å². The van der Waals surface area contributed by atoms with Crippen molar-refractivity contribution in [3.8, 4) is 17.2 Å². The molecule has 0 spiro atoms. The molecule has 3 rings (SSSR count). The molecule has 5 heteroatoms. The van der Waals surface area contributed by atoms with Gasteiger partial charge in [-0.25, -0.2) is 0 Å². The number of ether oxygens (including phenoxy) is 3. The van der Waals surface area contributed by atoms with Gasteiger partial charge < -0.3 is 19.5 Å². The number of para-hydroxylation sites is 2. The molecule has 0 fully saturated rings. The summed E-state index contributed by atoms with van der Waals surface area (Å²) in [7, 11) is 0. The van der Waals surface area contributed by atoms with Gasteiger partial charge in [-0.3, -0.25) is 4.79 Å². The standard InChI is InChI=1S/C25H27NO4/c1-3-23(30-24-12-8-7-9-19(24)2)25(27)26-20-13-15-22(16-14-20)29-18-17-28-21-10-5-4-6-11-21/h4-16,23H,3,17-18H2,1-2H3,(H,26,27)/t23-/m1/s1. The van der Waals surface area contributed by atoms with Crippen LogP contribution in [-0.2, 0) is 4.79 Å². The number of nitrogens with one attached hydrogen (secondary N) is 1. The van der Waals surface area contributed by atoms with E-state index in [-0.39, 0.29) is 5.91 Å². The molecule has 30 heavy (non-hydrogen) atoms. The smallest absolute Gasteiger partial charge is 0.265 e. The Bertz CT molecular complexity index is 925. The van der Waals surface area contributed by atoms with E-state index in [1.165, 1.54) is 0 Å². The van der Waals surface area contributed by atoms with Crippen molar-refractivity contribution in [1.29, 1.82) is 0 Å². The van der Waals surface area contributed by atoms with Crippen molar-refractivity contribution in [3.63, 3.8) is 0 Å². The van der Waals surface area contributed by atoms with Crippen molar-refractivity contribution >= 4 is 11.6 Å². The summed E-state index contributed by atoms with van der Waals surface area (Å²) in [5.74, 6) is 2.08. The highest BCUT2D eigenvalue weighted by Gasteiger charge is 2.19. The minimum Gasteiger partial charge on any atom is -0.490 e. The summed E-state index contributed by atoms with van der Waals surface area (Å²) in [6, 6.07) is 24.6. The minimum atomic E-state index is -0.558. The summed E-state index contributed by atoms with van der Waals surface area (Å²) in [6.07, 6.45) is 0.0140. The number of hydrogen-bond acceptors (Lipinski definition) is 4. The number of rotatable bonds is 10. The topological polar surface area (TPSA) is 56.8 Å². The van der Waals surface area contributed by atoms with Gasteiger partial charge >= 0.3 is 0 Å². The monoisotopic (exact) mass is 405 g/mol. The lowest BCUT2D eigenvalue weighted by Gasteiger charge is -2.18. The lowest BCUT2D eigenvalue weighted by Crippen LogP contribution is -2.32. The predicted molar refractivity (Wildman–Crippen MR) is 118 cm³/mol. The number of anilines is 1. The van der Waals surface area contributed by atoms with Gasteiger partial charge in [0.1, 0.15) is 30.5 Å². The molecule has 156 valence electrons. The molecule has 3 aromatic carbocycles. The first kappa shape index (κ1) is 21.2. The normalized spacial score (nSPS) is 11.4. The molecule has 0 saturated carbocycles. The van der Waals surface area contributed by atoms with E-state index in [2.05, 4.69) is 5.32 Å². The van der Waals surface area contributed by atoms with Gasteiger partial charge in [-0.15, -0.1) is 0 Å². The SMILES string of the molecule is CC[C@@H](Oc1ccccc1C)C(=O)Nc1ccc(OCCOc2ccccc2)cc1. The number of benzene rings is 3. The lowest BCUT2D eigenvalue weighted by molar-refractivity contribution is -0.122. The number of amides is 1. The number of carbonyl (C=O) groups is 1. The van der Waals surface area contributed by atoms with Crippen LogP contribution in [0.2, 0.25) is 0 Å². The second-order valence-electron chi connectivity index (χ2n) is 6.80. The van der Waals surface area contributed by atoms with Crippen molar-refractivity contribution in [2.45, 2.75) is 26.4 Å². The quantitative estimate of drug-likeness (QED) is 0.468. The summed E-state index contributed by atoms with van der Waals surface area (Å²) in [4.78, 5) is 12.6. The third-order valence-corrected chi connectivity index (χ3v) is 4.51. The maximum Gasteiger partial charge on any atom is 0.265 e. The van der Waals surface area contributed by atoms with E-state index >= 15 is 0 Å². The Hall–Kier alpha value is -3.47. The van der Waals surface area contributed by atoms with Crippen molar-refractivity contribution in [1.82, 2.24) is 0 Å². The zero-order valence-corrected chi connectivity index (χ0v) is 17.3. The second kappa shape index (κ2) is 10.9. The van der Waals surface area contributed by atoms with Crippen LogP contribution in [0.4, 0.5) is 5.69 Å². The third-order valence-electron chi connectivity index (χ3n) is 4.51. The molecule has 0 bridgehead atoms. The van der Waals surface area contributed by atoms with Crippen LogP contribution in [0.25, 0.3) is 0 Å². The van der Waals surface area contributed by atoms with Gasteiger partial charge in [0.2, 0.25) is 0 Å². The zero-order chi connectivity index (χ0) is 21.2. The minimum absolute atomic E-state index is 0.175. The molecule has 0 unspecified atom stereocenters. The van der Waals surface area contributed by atoms with E-state index in [0.29, 0.717) is 31.1 Å². The first-order valence-electron chi connectivity index (χ1n) is 10.1. The van der Waals surface area contributed by atoms with Gasteiger partial charge in [-0.2, -0.15) is 0 Å². The predicted octanol–water partition coefficient (Wildman–Crippen LogP) is 5.25. The molecule has 0 aliphatic rings. The highest BCUT2D eigenvalue weighted by molar-refractivity contribution is 5.94. The van der Waals surface area contributed by atoms with Crippen LogP contribution in [0.1, 0.15) is 18.9 Å². The van der Waals surface area contributed by atoms with Crippen molar-refractivity contribution in [2.24, 2.45) is 0 Å². The summed E-state index contributed by atoms with van der Waals surface area (Å²) in [5, 5.41) is 2.90. The fourth-order valence-corrected chi connectivity index (χ4v) is 2.86. The average molecular weight is 405 g/mol. The molecular formula is C25H27NO4. The van der Waals surface area contributed by atoms with Gasteiger partial charge in [0.15, 0.2) is 6.10 Å². The van der Waals surface area contributed by atoms with Crippen molar-refractivity contribution in [3.05, 3.63) is 84.4 Å². The van der Waals surface area contributed by atoms with Crippen LogP contribution in [0.3, 0.4) is 0 Å². The van der Waals surface area contributed by atoms with Crippen LogP contribution in [0.5, 0.6) is 17.2 Å². The zero-order valence-electron chi connectivity index (χ0n) is 17.3. The van der Waals surface area contributed by atoms with Gasteiger partial charge in [-0.05, 0) is 61.4 Å². The Labute approximate surface area is 177 Å². The highest BCUT2D eigenvalue weighted by atomic mass is 16.5. The first-order valence-corrected chi connectivity index (χ1v) is 10.1. The third kappa shape index (κ3) is 6.27. The molecule has 1 atom stereocenters. The van der Waals surface area contributed by atoms with Gasteiger partial charge in [0.25, 0.3) is 5.91 Å². The van der Waals surface area contributed by atoms with Crippen LogP contribution < -0.4 is 19.5 Å². The molecule has 0 aliphatic carbocycles. The molecule has 5 nitrogen and oxygen atoms in total. The number of carbonyl (C=O) groups excluding carboxylic acids is 1. The largest absolute Gasteiger partial charge is 0.490 e. The Kier molecular flexibility index (Phi) is 7.72. The molecule has 1 amide bonds. The Balaban J connectivity index is 1.46. The fourth-order valence-electron chi connectivity index (χ4n) is 2.86. The number of hydrogen-bond donors (Lipinski definition) is 1. The molecular weight excluding hydrogens is 378 g/mol. The van der Waals surface area contributed by atoms with Crippen LogP contribution >= 0.6 is 0 Å². The molecule has 0 heterocycles.